The van der Waals surface area contributed by atoms with Crippen molar-refractivity contribution in [2.45, 2.75) is 39.0 Å². The summed E-state index contributed by atoms with van der Waals surface area (Å²) in [6, 6.07) is 0. The molecule has 2 rings (SSSR count). The molecule has 110 valence electrons. The third-order valence-electron chi connectivity index (χ3n) is 2.40. The third kappa shape index (κ3) is 3.77. The average molecular weight is 321 g/mol. The number of hydrogen-bond donors (Lipinski definition) is 1. The smallest absolute Gasteiger partial charge is 0.307 e. The van der Waals surface area contributed by atoms with E-state index in [-0.39, 0.29) is 17.0 Å². The largest absolute Gasteiger partial charge is 0.434 e. The number of nitrogens with one attached hydrogen (secondary N) is 1. The number of rotatable bonds is 3. The quantitative estimate of drug-likeness (QED) is 0.922. The van der Waals surface area contributed by atoms with Crippen LogP contribution in [0.2, 0.25) is 0 Å². The highest BCUT2D eigenvalue weighted by Gasteiger charge is 2.37. The summed E-state index contributed by atoms with van der Waals surface area (Å²) in [5.74, 6) is 0. The van der Waals surface area contributed by atoms with Crippen molar-refractivity contribution in [1.29, 1.82) is 0 Å². The summed E-state index contributed by atoms with van der Waals surface area (Å²) in [4.78, 5) is 7.92. The molecule has 0 aromatic carbocycles. The first kappa shape index (κ1) is 15.4. The maximum absolute atomic E-state index is 13.0. The van der Waals surface area contributed by atoms with Gasteiger partial charge in [0.2, 0.25) is 0 Å². The van der Waals surface area contributed by atoms with E-state index in [0.29, 0.717) is 10.7 Å². The van der Waals surface area contributed by atoms with Gasteiger partial charge in [0.25, 0.3) is 0 Å². The number of alkyl halides is 3. The van der Waals surface area contributed by atoms with Gasteiger partial charge in [0.1, 0.15) is 10.7 Å². The molecule has 0 spiro atoms. The van der Waals surface area contributed by atoms with E-state index >= 15 is 0 Å². The predicted molar refractivity (Wildman–Crippen MR) is 74.8 cm³/mol. The lowest BCUT2D eigenvalue weighted by Gasteiger charge is -2.20. The van der Waals surface area contributed by atoms with E-state index in [2.05, 4.69) is 15.3 Å². The van der Waals surface area contributed by atoms with Gasteiger partial charge < -0.3 is 5.32 Å². The Labute approximate surface area is 122 Å². The second-order valence-electron chi connectivity index (χ2n) is 5.27. The Kier molecular flexibility index (Phi) is 4.17. The van der Waals surface area contributed by atoms with Gasteiger partial charge >= 0.3 is 6.18 Å². The third-order valence-corrected chi connectivity index (χ3v) is 4.06. The molecule has 20 heavy (non-hydrogen) atoms. The molecule has 0 atom stereocenters. The lowest BCUT2D eigenvalue weighted by Crippen LogP contribution is -2.35. The molecule has 0 aliphatic carbocycles. The van der Waals surface area contributed by atoms with Crippen molar-refractivity contribution in [3.8, 4) is 10.7 Å². The summed E-state index contributed by atoms with van der Waals surface area (Å²) in [6.45, 7) is 5.86. The predicted octanol–water partition coefficient (Wildman–Crippen LogP) is 4.17. The lowest BCUT2D eigenvalue weighted by atomic mass is 10.1. The van der Waals surface area contributed by atoms with Crippen LogP contribution < -0.4 is 5.32 Å². The molecule has 2 aromatic heterocycles. The van der Waals surface area contributed by atoms with Crippen LogP contribution in [0.4, 0.5) is 13.2 Å². The second kappa shape index (κ2) is 5.42. The number of halogens is 3. The highest BCUT2D eigenvalue weighted by molar-refractivity contribution is 7.15. The summed E-state index contributed by atoms with van der Waals surface area (Å²) in [5, 5.41) is 5.07. The Balaban J connectivity index is 2.34. The molecule has 2 heterocycles. The zero-order valence-corrected chi connectivity index (χ0v) is 12.8. The van der Waals surface area contributed by atoms with E-state index in [1.807, 2.05) is 20.8 Å². The average Bonchev–Trinajstić information content (AvgIpc) is 2.93. The van der Waals surface area contributed by atoms with E-state index in [0.717, 1.165) is 11.3 Å². The molecule has 0 radical (unpaired) electrons. The SMILES string of the molecule is CC(C)(C)NCc1sc(-c2cscn2)nc1C(F)(F)F. The van der Waals surface area contributed by atoms with E-state index < -0.39 is 11.9 Å². The fraction of sp³-hybridized carbons (Fsp3) is 0.500. The summed E-state index contributed by atoms with van der Waals surface area (Å²) in [5.41, 5.74) is 1.000. The van der Waals surface area contributed by atoms with Gasteiger partial charge in [0, 0.05) is 17.5 Å². The molecule has 3 nitrogen and oxygen atoms in total. The normalized spacial score (nSPS) is 12.9. The van der Waals surface area contributed by atoms with Gasteiger partial charge in [-0.25, -0.2) is 9.97 Å². The maximum Gasteiger partial charge on any atom is 0.434 e. The Morgan fingerprint density at radius 3 is 2.45 bits per heavy atom. The Bertz CT molecular complexity index is 568. The first-order valence-corrected chi connectivity index (χ1v) is 7.63. The van der Waals surface area contributed by atoms with Crippen molar-refractivity contribution in [2.75, 3.05) is 0 Å². The Morgan fingerprint density at radius 2 is 1.95 bits per heavy atom. The Hall–Kier alpha value is -0.990. The minimum Gasteiger partial charge on any atom is -0.307 e. The molecule has 0 saturated heterocycles. The van der Waals surface area contributed by atoms with Crippen molar-refractivity contribution in [2.24, 2.45) is 0 Å². The second-order valence-corrected chi connectivity index (χ2v) is 7.07. The number of nitrogens with zero attached hydrogens (tertiary/aromatic N) is 2. The molecule has 0 bridgehead atoms. The molecule has 1 N–H and O–H groups in total. The van der Waals surface area contributed by atoms with Gasteiger partial charge in [-0.2, -0.15) is 13.2 Å². The van der Waals surface area contributed by atoms with Crippen LogP contribution in [0.5, 0.6) is 0 Å². The molecular weight excluding hydrogens is 307 g/mol. The van der Waals surface area contributed by atoms with Crippen LogP contribution in [0.3, 0.4) is 0 Å². The number of aromatic nitrogens is 2. The molecule has 2 aromatic rings. The van der Waals surface area contributed by atoms with E-state index in [1.165, 1.54) is 11.3 Å². The van der Waals surface area contributed by atoms with Crippen molar-refractivity contribution in [3.63, 3.8) is 0 Å². The van der Waals surface area contributed by atoms with E-state index in [4.69, 9.17) is 0 Å². The minimum atomic E-state index is -4.44. The van der Waals surface area contributed by atoms with Crippen LogP contribution in [0.25, 0.3) is 10.7 Å². The summed E-state index contributed by atoms with van der Waals surface area (Å²) < 4.78 is 39.1. The van der Waals surface area contributed by atoms with Crippen LogP contribution in [-0.4, -0.2) is 15.5 Å². The van der Waals surface area contributed by atoms with Gasteiger partial charge in [-0.05, 0) is 20.8 Å². The highest BCUT2D eigenvalue weighted by atomic mass is 32.1. The van der Waals surface area contributed by atoms with Crippen molar-refractivity contribution < 1.29 is 13.2 Å². The summed E-state index contributed by atoms with van der Waals surface area (Å²) >= 11 is 2.37. The number of hydrogen-bond acceptors (Lipinski definition) is 5. The highest BCUT2D eigenvalue weighted by Crippen LogP contribution is 2.37. The fourth-order valence-corrected chi connectivity index (χ4v) is 3.07. The van der Waals surface area contributed by atoms with Gasteiger partial charge in [0.05, 0.1) is 10.4 Å². The van der Waals surface area contributed by atoms with E-state index in [9.17, 15) is 13.2 Å². The van der Waals surface area contributed by atoms with E-state index in [1.54, 1.807) is 10.9 Å². The minimum absolute atomic E-state index is 0.139. The molecule has 0 fully saturated rings. The molecule has 0 saturated carbocycles. The topological polar surface area (TPSA) is 37.8 Å². The molecule has 0 amide bonds. The first-order valence-electron chi connectivity index (χ1n) is 5.87. The van der Waals surface area contributed by atoms with Gasteiger partial charge in [-0.3, -0.25) is 0 Å². The Morgan fingerprint density at radius 1 is 1.25 bits per heavy atom. The zero-order valence-electron chi connectivity index (χ0n) is 11.2. The van der Waals surface area contributed by atoms with Crippen LogP contribution >= 0.6 is 22.7 Å². The summed E-state index contributed by atoms with van der Waals surface area (Å²) in [7, 11) is 0. The fourth-order valence-electron chi connectivity index (χ4n) is 1.47. The van der Waals surface area contributed by atoms with Gasteiger partial charge in [0.15, 0.2) is 5.69 Å². The molecular formula is C12H14F3N3S2. The van der Waals surface area contributed by atoms with Crippen LogP contribution in [-0.2, 0) is 12.7 Å². The molecule has 0 unspecified atom stereocenters. The molecule has 0 aliphatic rings. The lowest BCUT2D eigenvalue weighted by molar-refractivity contribution is -0.141. The van der Waals surface area contributed by atoms with Gasteiger partial charge in [-0.15, -0.1) is 22.7 Å². The van der Waals surface area contributed by atoms with Crippen molar-refractivity contribution >= 4 is 22.7 Å². The van der Waals surface area contributed by atoms with Gasteiger partial charge in [-0.1, -0.05) is 0 Å². The van der Waals surface area contributed by atoms with Crippen LogP contribution in [0, 0.1) is 0 Å². The summed E-state index contributed by atoms with van der Waals surface area (Å²) in [6.07, 6.45) is -4.44. The molecule has 8 heteroatoms. The molecule has 0 aliphatic heterocycles. The maximum atomic E-state index is 13.0. The monoisotopic (exact) mass is 321 g/mol. The van der Waals surface area contributed by atoms with Crippen molar-refractivity contribution in [3.05, 3.63) is 21.5 Å². The zero-order chi connectivity index (χ0) is 15.0. The standard InChI is InChI=1S/C12H14F3N3S2/c1-11(2,3)17-4-8-9(12(13,14)15)18-10(20-8)7-5-19-6-16-7/h5-6,17H,4H2,1-3H3. The van der Waals surface area contributed by atoms with Crippen molar-refractivity contribution in [1.82, 2.24) is 15.3 Å². The van der Waals surface area contributed by atoms with Crippen LogP contribution in [0.15, 0.2) is 10.9 Å². The van der Waals surface area contributed by atoms with Crippen LogP contribution in [0.1, 0.15) is 31.3 Å². The first-order chi connectivity index (χ1) is 9.17. The number of thiazole rings is 2.